The van der Waals surface area contributed by atoms with Crippen LogP contribution < -0.4 is 0 Å². The zero-order valence-electron chi connectivity index (χ0n) is 8.36. The van der Waals surface area contributed by atoms with Crippen LogP contribution in [-0.4, -0.2) is 10.1 Å². The molecule has 1 aromatic heterocycles. The number of aromatic hydroxyl groups is 1. The maximum Gasteiger partial charge on any atom is 0.145 e. The van der Waals surface area contributed by atoms with E-state index in [4.69, 9.17) is 0 Å². The van der Waals surface area contributed by atoms with Crippen molar-refractivity contribution in [2.24, 2.45) is 0 Å². The van der Waals surface area contributed by atoms with E-state index in [2.05, 4.69) is 18.8 Å². The van der Waals surface area contributed by atoms with Gasteiger partial charge in [0.1, 0.15) is 11.3 Å². The summed E-state index contributed by atoms with van der Waals surface area (Å²) >= 11 is 0. The monoisotopic (exact) mass is 187 g/mol. The van der Waals surface area contributed by atoms with Gasteiger partial charge >= 0.3 is 0 Å². The van der Waals surface area contributed by atoms with Gasteiger partial charge in [0.05, 0.1) is 0 Å². The molecule has 0 fully saturated rings. The second-order valence-corrected chi connectivity index (χ2v) is 3.73. The molecule has 14 heavy (non-hydrogen) atoms. The van der Waals surface area contributed by atoms with E-state index < -0.39 is 0 Å². The molecular weight excluding hydrogens is 174 g/mol. The van der Waals surface area contributed by atoms with Gasteiger partial charge in [-0.1, -0.05) is 32.0 Å². The Kier molecular flexibility index (Phi) is 2.12. The third kappa shape index (κ3) is 1.33. The number of rotatable bonds is 1. The number of phenolic OH excluding ortho intramolecular Hbond substituents is 1. The lowest BCUT2D eigenvalue weighted by molar-refractivity contribution is 0.470. The summed E-state index contributed by atoms with van der Waals surface area (Å²) in [5, 5.41) is 10.9. The van der Waals surface area contributed by atoms with Gasteiger partial charge in [-0.25, -0.2) is 0 Å². The van der Waals surface area contributed by atoms with E-state index in [0.29, 0.717) is 17.2 Å². The van der Waals surface area contributed by atoms with Crippen LogP contribution in [0.2, 0.25) is 0 Å². The second-order valence-electron chi connectivity index (χ2n) is 3.73. The molecule has 0 radical (unpaired) electrons. The highest BCUT2D eigenvalue weighted by atomic mass is 16.3. The van der Waals surface area contributed by atoms with Gasteiger partial charge in [0.15, 0.2) is 0 Å². The highest BCUT2D eigenvalue weighted by molar-refractivity contribution is 5.85. The van der Waals surface area contributed by atoms with Crippen molar-refractivity contribution in [1.29, 1.82) is 0 Å². The third-order valence-electron chi connectivity index (χ3n) is 2.40. The van der Waals surface area contributed by atoms with E-state index in [0.717, 1.165) is 10.9 Å². The molecule has 1 aromatic carbocycles. The van der Waals surface area contributed by atoms with Crippen molar-refractivity contribution in [3.63, 3.8) is 0 Å². The minimum atomic E-state index is 0.318. The molecule has 0 aliphatic heterocycles. The molecule has 0 spiro atoms. The Morgan fingerprint density at radius 1 is 1.21 bits per heavy atom. The molecule has 1 heterocycles. The summed E-state index contributed by atoms with van der Waals surface area (Å²) in [6, 6.07) is 7.78. The van der Waals surface area contributed by atoms with Crippen LogP contribution in [0.4, 0.5) is 0 Å². The topological polar surface area (TPSA) is 33.1 Å². The summed E-state index contributed by atoms with van der Waals surface area (Å²) in [6.45, 7) is 4.12. The average molecular weight is 187 g/mol. The van der Waals surface area contributed by atoms with Crippen molar-refractivity contribution < 1.29 is 5.11 Å². The number of benzene rings is 1. The highest BCUT2D eigenvalue weighted by Crippen LogP contribution is 2.31. The van der Waals surface area contributed by atoms with Crippen LogP contribution in [0.1, 0.15) is 25.3 Å². The first-order chi connectivity index (χ1) is 6.70. The maximum absolute atomic E-state index is 9.96. The van der Waals surface area contributed by atoms with Crippen LogP contribution in [0.25, 0.3) is 10.9 Å². The van der Waals surface area contributed by atoms with E-state index >= 15 is 0 Å². The van der Waals surface area contributed by atoms with E-state index in [9.17, 15) is 5.11 Å². The predicted octanol–water partition coefficient (Wildman–Crippen LogP) is 3.06. The average Bonchev–Trinajstić information content (AvgIpc) is 2.18. The summed E-state index contributed by atoms with van der Waals surface area (Å²) in [5.41, 5.74) is 1.65. The van der Waals surface area contributed by atoms with Gasteiger partial charge in [-0.3, -0.25) is 4.98 Å². The smallest absolute Gasteiger partial charge is 0.145 e. The molecule has 0 atom stereocenters. The first kappa shape index (κ1) is 9.00. The molecular formula is C12H13NO. The van der Waals surface area contributed by atoms with Gasteiger partial charge in [0.25, 0.3) is 0 Å². The lowest BCUT2D eigenvalue weighted by atomic mass is 10.00. The van der Waals surface area contributed by atoms with E-state index in [-0.39, 0.29) is 0 Å². The molecule has 2 rings (SSSR count). The Labute approximate surface area is 83.2 Å². The maximum atomic E-state index is 9.96. The Morgan fingerprint density at radius 3 is 2.71 bits per heavy atom. The van der Waals surface area contributed by atoms with Gasteiger partial charge in [0, 0.05) is 11.6 Å². The van der Waals surface area contributed by atoms with Crippen molar-refractivity contribution in [2.75, 3.05) is 0 Å². The van der Waals surface area contributed by atoms with Crippen molar-refractivity contribution in [3.8, 4) is 5.75 Å². The lowest BCUT2D eigenvalue weighted by Crippen LogP contribution is -1.89. The number of hydrogen-bond donors (Lipinski definition) is 1. The number of aromatic nitrogens is 1. The van der Waals surface area contributed by atoms with Crippen molar-refractivity contribution in [3.05, 3.63) is 36.0 Å². The van der Waals surface area contributed by atoms with Gasteiger partial charge in [-0.2, -0.15) is 0 Å². The molecule has 0 amide bonds. The minimum Gasteiger partial charge on any atom is -0.505 e. The van der Waals surface area contributed by atoms with E-state index in [1.165, 1.54) is 0 Å². The van der Waals surface area contributed by atoms with Gasteiger partial charge in [-0.15, -0.1) is 0 Å². The Morgan fingerprint density at radius 2 is 2.00 bits per heavy atom. The minimum absolute atomic E-state index is 0.318. The zero-order valence-corrected chi connectivity index (χ0v) is 8.36. The fourth-order valence-corrected chi connectivity index (χ4v) is 1.61. The first-order valence-corrected chi connectivity index (χ1v) is 4.76. The van der Waals surface area contributed by atoms with Crippen molar-refractivity contribution in [1.82, 2.24) is 4.98 Å². The van der Waals surface area contributed by atoms with Crippen molar-refractivity contribution >= 4 is 10.9 Å². The molecule has 2 aromatic rings. The molecule has 72 valence electrons. The molecule has 0 saturated heterocycles. The summed E-state index contributed by atoms with van der Waals surface area (Å²) in [4.78, 5) is 4.17. The first-order valence-electron chi connectivity index (χ1n) is 4.76. The summed E-state index contributed by atoms with van der Waals surface area (Å²) in [7, 11) is 0. The molecule has 2 heteroatoms. The molecule has 0 unspecified atom stereocenters. The Bertz CT molecular complexity index is 463. The molecule has 2 nitrogen and oxygen atoms in total. The molecule has 0 bridgehead atoms. The van der Waals surface area contributed by atoms with Crippen LogP contribution >= 0.6 is 0 Å². The zero-order chi connectivity index (χ0) is 10.1. The largest absolute Gasteiger partial charge is 0.505 e. The number of nitrogens with zero attached hydrogens (tertiary/aromatic N) is 1. The predicted molar refractivity (Wildman–Crippen MR) is 57.5 cm³/mol. The summed E-state index contributed by atoms with van der Waals surface area (Å²) in [5.74, 6) is 0.638. The highest BCUT2D eigenvalue weighted by Gasteiger charge is 2.09. The fraction of sp³-hybridized carbons (Fsp3) is 0.250. The Hall–Kier alpha value is -1.57. The van der Waals surface area contributed by atoms with Gasteiger partial charge in [0.2, 0.25) is 0 Å². The van der Waals surface area contributed by atoms with Crippen LogP contribution in [0, 0.1) is 0 Å². The summed E-state index contributed by atoms with van der Waals surface area (Å²) < 4.78 is 0. The number of fused-ring (bicyclic) bond motifs is 1. The van der Waals surface area contributed by atoms with Gasteiger partial charge in [-0.05, 0) is 17.5 Å². The number of pyridine rings is 1. The standard InChI is InChI=1S/C12H13NO/c1-8(2)10-6-5-9-4-3-7-13-11(9)12(10)14/h3-8,14H,1-2H3. The van der Waals surface area contributed by atoms with Crippen LogP contribution in [-0.2, 0) is 0 Å². The number of phenols is 1. The van der Waals surface area contributed by atoms with Crippen LogP contribution in [0.5, 0.6) is 5.75 Å². The molecule has 1 N–H and O–H groups in total. The molecule has 0 aliphatic rings. The van der Waals surface area contributed by atoms with E-state index in [1.54, 1.807) is 6.20 Å². The van der Waals surface area contributed by atoms with Crippen molar-refractivity contribution in [2.45, 2.75) is 19.8 Å². The quantitative estimate of drug-likeness (QED) is 0.744. The van der Waals surface area contributed by atoms with Gasteiger partial charge < -0.3 is 5.11 Å². The lowest BCUT2D eigenvalue weighted by Gasteiger charge is -2.09. The molecule has 0 saturated carbocycles. The second kappa shape index (κ2) is 3.29. The van der Waals surface area contributed by atoms with Crippen LogP contribution in [0.15, 0.2) is 30.5 Å². The normalized spacial score (nSPS) is 11.1. The third-order valence-corrected chi connectivity index (χ3v) is 2.40. The summed E-state index contributed by atoms with van der Waals surface area (Å²) in [6.07, 6.45) is 1.70. The van der Waals surface area contributed by atoms with Crippen LogP contribution in [0.3, 0.4) is 0 Å². The SMILES string of the molecule is CC(C)c1ccc2cccnc2c1O. The molecule has 0 aliphatic carbocycles. The number of hydrogen-bond acceptors (Lipinski definition) is 2. The Balaban J connectivity index is 2.75. The fourth-order valence-electron chi connectivity index (χ4n) is 1.61. The van der Waals surface area contributed by atoms with E-state index in [1.807, 2.05) is 24.3 Å².